The number of nitrogens with two attached hydrogens (primary N) is 1. The maximum absolute atomic E-state index is 6.50. The number of ether oxygens (including phenoxy) is 1. The summed E-state index contributed by atoms with van der Waals surface area (Å²) in [4.78, 5) is 2.56. The van der Waals surface area contributed by atoms with Crippen LogP contribution in [0.4, 0.5) is 0 Å². The topological polar surface area (TPSA) is 38.5 Å². The molecule has 0 spiro atoms. The summed E-state index contributed by atoms with van der Waals surface area (Å²) in [5.41, 5.74) is 8.58. The van der Waals surface area contributed by atoms with E-state index in [1.165, 1.54) is 17.5 Å². The first-order valence-electron chi connectivity index (χ1n) is 8.79. The lowest BCUT2D eigenvalue weighted by Gasteiger charge is -2.30. The van der Waals surface area contributed by atoms with Gasteiger partial charge in [0.1, 0.15) is 11.9 Å². The van der Waals surface area contributed by atoms with E-state index < -0.39 is 0 Å². The second-order valence-electron chi connectivity index (χ2n) is 6.97. The minimum Gasteiger partial charge on any atom is -0.483 e. The molecule has 132 valence electrons. The third-order valence-corrected chi connectivity index (χ3v) is 6.26. The van der Waals surface area contributed by atoms with Crippen LogP contribution in [0, 0.1) is 5.92 Å². The second-order valence-corrected chi connectivity index (χ2v) is 8.26. The number of hydrogen-bond donors (Lipinski definition) is 1. The standard InChI is InChI=1S/C20H22BrClN2O/c21-17-10-15(22)5-6-19(17)25-20-16-4-2-1-3-14(16)9-18(20)24-8-7-13(11-23)12-24/h1-6,10,13,18,20H,7-9,11-12,23H2. The Bertz CT molecular complexity index is 769. The van der Waals surface area contributed by atoms with Crippen LogP contribution in [0.3, 0.4) is 0 Å². The lowest BCUT2D eigenvalue weighted by atomic mass is 10.1. The number of benzene rings is 2. The zero-order chi connectivity index (χ0) is 17.4. The van der Waals surface area contributed by atoms with Gasteiger partial charge in [-0.3, -0.25) is 4.90 Å². The van der Waals surface area contributed by atoms with Crippen molar-refractivity contribution in [3.05, 3.63) is 63.1 Å². The van der Waals surface area contributed by atoms with Gasteiger partial charge in [0.15, 0.2) is 0 Å². The smallest absolute Gasteiger partial charge is 0.140 e. The fourth-order valence-corrected chi connectivity index (χ4v) is 4.84. The summed E-state index contributed by atoms with van der Waals surface area (Å²) in [6, 6.07) is 14.7. The van der Waals surface area contributed by atoms with Crippen molar-refractivity contribution in [3.8, 4) is 5.75 Å². The summed E-state index contributed by atoms with van der Waals surface area (Å²) in [5.74, 6) is 1.44. The Morgan fingerprint density at radius 3 is 2.84 bits per heavy atom. The summed E-state index contributed by atoms with van der Waals surface area (Å²) in [6.07, 6.45) is 2.24. The van der Waals surface area contributed by atoms with Crippen LogP contribution in [0.15, 0.2) is 46.9 Å². The van der Waals surface area contributed by atoms with Gasteiger partial charge in [-0.1, -0.05) is 35.9 Å². The first-order chi connectivity index (χ1) is 12.2. The molecule has 1 heterocycles. The highest BCUT2D eigenvalue weighted by Crippen LogP contribution is 2.41. The number of fused-ring (bicyclic) bond motifs is 1. The van der Waals surface area contributed by atoms with Crippen LogP contribution >= 0.6 is 27.5 Å². The van der Waals surface area contributed by atoms with Crippen LogP contribution in [0.5, 0.6) is 5.75 Å². The molecule has 3 atom stereocenters. The van der Waals surface area contributed by atoms with E-state index in [-0.39, 0.29) is 6.10 Å². The van der Waals surface area contributed by atoms with E-state index in [0.29, 0.717) is 17.0 Å². The molecular formula is C20H22BrClN2O. The first-order valence-corrected chi connectivity index (χ1v) is 9.96. The van der Waals surface area contributed by atoms with Crippen LogP contribution in [-0.4, -0.2) is 30.6 Å². The average Bonchev–Trinajstić information content (AvgIpc) is 3.22. The minimum atomic E-state index is 0.0326. The summed E-state index contributed by atoms with van der Waals surface area (Å²) < 4.78 is 7.40. The van der Waals surface area contributed by atoms with Gasteiger partial charge >= 0.3 is 0 Å². The van der Waals surface area contributed by atoms with Gasteiger partial charge in [0, 0.05) is 11.6 Å². The number of nitrogens with zero attached hydrogens (tertiary/aromatic N) is 1. The number of halogens is 2. The number of hydrogen-bond acceptors (Lipinski definition) is 3. The van der Waals surface area contributed by atoms with E-state index >= 15 is 0 Å². The molecule has 3 unspecified atom stereocenters. The summed E-state index contributed by atoms with van der Waals surface area (Å²) in [6.45, 7) is 2.93. The molecule has 0 saturated carbocycles. The molecule has 1 aliphatic heterocycles. The fraction of sp³-hybridized carbons (Fsp3) is 0.400. The molecule has 0 radical (unpaired) electrons. The van der Waals surface area contributed by atoms with Crippen molar-refractivity contribution in [2.75, 3.05) is 19.6 Å². The lowest BCUT2D eigenvalue weighted by Crippen LogP contribution is -2.39. The summed E-state index contributed by atoms with van der Waals surface area (Å²) in [5, 5.41) is 0.702. The molecule has 5 heteroatoms. The van der Waals surface area contributed by atoms with E-state index in [1.807, 2.05) is 18.2 Å². The average molecular weight is 422 g/mol. The molecule has 0 amide bonds. The highest BCUT2D eigenvalue weighted by Gasteiger charge is 2.40. The lowest BCUT2D eigenvalue weighted by molar-refractivity contribution is 0.0911. The van der Waals surface area contributed by atoms with E-state index in [2.05, 4.69) is 45.1 Å². The van der Waals surface area contributed by atoms with Gasteiger partial charge in [0.25, 0.3) is 0 Å². The Morgan fingerprint density at radius 1 is 1.24 bits per heavy atom. The predicted octanol–water partition coefficient (Wildman–Crippen LogP) is 4.43. The normalized spacial score (nSPS) is 26.0. The molecule has 0 aromatic heterocycles. The van der Waals surface area contributed by atoms with Gasteiger partial charge in [-0.15, -0.1) is 0 Å². The Kier molecular flexibility index (Phi) is 5.05. The van der Waals surface area contributed by atoms with E-state index in [4.69, 9.17) is 22.1 Å². The quantitative estimate of drug-likeness (QED) is 0.794. The molecule has 1 aliphatic carbocycles. The van der Waals surface area contributed by atoms with Gasteiger partial charge in [-0.25, -0.2) is 0 Å². The van der Waals surface area contributed by atoms with E-state index in [1.54, 1.807) is 0 Å². The van der Waals surface area contributed by atoms with E-state index in [0.717, 1.165) is 36.3 Å². The van der Waals surface area contributed by atoms with Crippen LogP contribution < -0.4 is 10.5 Å². The maximum Gasteiger partial charge on any atom is 0.140 e. The number of likely N-dealkylation sites (tertiary alicyclic amines) is 1. The van der Waals surface area contributed by atoms with Crippen molar-refractivity contribution in [2.24, 2.45) is 11.7 Å². The van der Waals surface area contributed by atoms with Crippen molar-refractivity contribution in [1.82, 2.24) is 4.90 Å². The SMILES string of the molecule is NCC1CCN(C2Cc3ccccc3C2Oc2ccc(Cl)cc2Br)C1. The highest BCUT2D eigenvalue weighted by atomic mass is 79.9. The Balaban J connectivity index is 1.63. The zero-order valence-corrected chi connectivity index (χ0v) is 16.3. The Hall–Kier alpha value is -1.07. The van der Waals surface area contributed by atoms with Crippen LogP contribution in [0.1, 0.15) is 23.7 Å². The molecule has 2 aromatic rings. The van der Waals surface area contributed by atoms with Crippen molar-refractivity contribution in [2.45, 2.75) is 25.0 Å². The molecule has 2 aromatic carbocycles. The second kappa shape index (κ2) is 7.28. The molecular weight excluding hydrogens is 400 g/mol. The van der Waals surface area contributed by atoms with Crippen molar-refractivity contribution < 1.29 is 4.74 Å². The Labute approximate surface area is 162 Å². The zero-order valence-electron chi connectivity index (χ0n) is 14.0. The van der Waals surface area contributed by atoms with Gasteiger partial charge in [0.2, 0.25) is 0 Å². The van der Waals surface area contributed by atoms with Crippen molar-refractivity contribution in [1.29, 1.82) is 0 Å². The van der Waals surface area contributed by atoms with Crippen LogP contribution in [0.25, 0.3) is 0 Å². The maximum atomic E-state index is 6.50. The molecule has 25 heavy (non-hydrogen) atoms. The number of rotatable bonds is 4. The molecule has 2 aliphatic rings. The molecule has 1 saturated heterocycles. The summed E-state index contributed by atoms with van der Waals surface area (Å²) in [7, 11) is 0. The van der Waals surface area contributed by atoms with E-state index in [9.17, 15) is 0 Å². The molecule has 3 nitrogen and oxygen atoms in total. The minimum absolute atomic E-state index is 0.0326. The molecule has 2 N–H and O–H groups in total. The Morgan fingerprint density at radius 2 is 2.08 bits per heavy atom. The summed E-state index contributed by atoms with van der Waals surface area (Å²) >= 11 is 9.65. The third-order valence-electron chi connectivity index (χ3n) is 5.41. The van der Waals surface area contributed by atoms with Crippen LogP contribution in [0.2, 0.25) is 5.02 Å². The first kappa shape index (κ1) is 17.3. The molecule has 4 rings (SSSR count). The van der Waals surface area contributed by atoms with Gasteiger partial charge in [0.05, 0.1) is 10.5 Å². The van der Waals surface area contributed by atoms with Gasteiger partial charge < -0.3 is 10.5 Å². The van der Waals surface area contributed by atoms with Gasteiger partial charge in [-0.05, 0) is 77.1 Å². The predicted molar refractivity (Wildman–Crippen MR) is 105 cm³/mol. The van der Waals surface area contributed by atoms with Gasteiger partial charge in [-0.2, -0.15) is 0 Å². The van der Waals surface area contributed by atoms with Crippen molar-refractivity contribution in [3.63, 3.8) is 0 Å². The largest absolute Gasteiger partial charge is 0.483 e. The van der Waals surface area contributed by atoms with Crippen LogP contribution in [-0.2, 0) is 6.42 Å². The fourth-order valence-electron chi connectivity index (χ4n) is 4.06. The molecule has 0 bridgehead atoms. The van der Waals surface area contributed by atoms with Crippen molar-refractivity contribution >= 4 is 27.5 Å². The monoisotopic (exact) mass is 420 g/mol. The molecule has 1 fully saturated rings. The third kappa shape index (κ3) is 3.45. The highest BCUT2D eigenvalue weighted by molar-refractivity contribution is 9.10.